The molecule has 0 unspecified atom stereocenters. The van der Waals surface area contributed by atoms with Crippen molar-refractivity contribution in [2.45, 2.75) is 12.3 Å². The van der Waals surface area contributed by atoms with Crippen LogP contribution in [0.15, 0.2) is 29.2 Å². The Morgan fingerprint density at radius 2 is 2.14 bits per heavy atom. The number of aromatic nitrogens is 2. The van der Waals surface area contributed by atoms with Crippen LogP contribution in [-0.2, 0) is 12.3 Å². The van der Waals surface area contributed by atoms with E-state index in [-0.39, 0.29) is 5.56 Å². The second-order valence-electron chi connectivity index (χ2n) is 4.87. The number of thioether (sulfide) groups is 1. The number of rotatable bonds is 8. The van der Waals surface area contributed by atoms with Crippen LogP contribution in [0.3, 0.4) is 0 Å². The maximum absolute atomic E-state index is 11.1. The van der Waals surface area contributed by atoms with Crippen LogP contribution in [0.2, 0.25) is 0 Å². The fourth-order valence-electron chi connectivity index (χ4n) is 1.77. The van der Waals surface area contributed by atoms with Gasteiger partial charge in [-0.15, -0.1) is 11.3 Å². The van der Waals surface area contributed by atoms with Crippen LogP contribution in [0.5, 0.6) is 0 Å². The maximum Gasteiger partial charge on any atom is 0.252 e. The molecule has 0 spiro atoms. The van der Waals surface area contributed by atoms with Gasteiger partial charge in [0.25, 0.3) is 5.56 Å². The van der Waals surface area contributed by atoms with E-state index in [0.717, 1.165) is 24.6 Å². The van der Waals surface area contributed by atoms with Gasteiger partial charge in [0.05, 0.1) is 0 Å². The van der Waals surface area contributed by atoms with Crippen LogP contribution in [0.1, 0.15) is 9.75 Å². The fourth-order valence-corrected chi connectivity index (χ4v) is 3.88. The van der Waals surface area contributed by atoms with E-state index >= 15 is 0 Å². The van der Waals surface area contributed by atoms with Gasteiger partial charge in [-0.1, -0.05) is 0 Å². The summed E-state index contributed by atoms with van der Waals surface area (Å²) in [5, 5.41) is 3.11. The third-order valence-electron chi connectivity index (χ3n) is 2.64. The molecule has 114 valence electrons. The molecule has 5 nitrogen and oxygen atoms in total. The van der Waals surface area contributed by atoms with Crippen LogP contribution >= 0.6 is 23.1 Å². The molecule has 0 aliphatic rings. The number of hydrogen-bond acceptors (Lipinski definition) is 6. The van der Waals surface area contributed by atoms with Crippen molar-refractivity contribution in [3.63, 3.8) is 0 Å². The van der Waals surface area contributed by atoms with Gasteiger partial charge in [-0.3, -0.25) is 9.78 Å². The summed E-state index contributed by atoms with van der Waals surface area (Å²) >= 11 is 3.75. The summed E-state index contributed by atoms with van der Waals surface area (Å²) in [5.41, 5.74) is -0.132. The first-order chi connectivity index (χ1) is 10.1. The van der Waals surface area contributed by atoms with Gasteiger partial charge in [-0.05, 0) is 26.2 Å². The Morgan fingerprint density at radius 3 is 2.90 bits per heavy atom. The molecule has 0 saturated heterocycles. The van der Waals surface area contributed by atoms with Gasteiger partial charge >= 0.3 is 0 Å². The highest BCUT2D eigenvalue weighted by atomic mass is 32.2. The first-order valence-electron chi connectivity index (χ1n) is 6.73. The van der Waals surface area contributed by atoms with Crippen LogP contribution in [0.4, 0.5) is 5.95 Å². The SMILES string of the molecule is CN(C)Cc1ccc(CSCCNc2nccc(=O)[nH]2)s1. The monoisotopic (exact) mass is 324 g/mol. The molecule has 2 aromatic heterocycles. The van der Waals surface area contributed by atoms with E-state index in [0.29, 0.717) is 5.95 Å². The number of anilines is 1. The zero-order chi connectivity index (χ0) is 15.1. The van der Waals surface area contributed by atoms with Gasteiger partial charge in [0.15, 0.2) is 0 Å². The molecule has 0 fully saturated rings. The molecule has 0 aliphatic heterocycles. The smallest absolute Gasteiger partial charge is 0.252 e. The Bertz CT molecular complexity index is 609. The van der Waals surface area contributed by atoms with E-state index in [4.69, 9.17) is 0 Å². The molecule has 21 heavy (non-hydrogen) atoms. The van der Waals surface area contributed by atoms with E-state index in [1.54, 1.807) is 0 Å². The van der Waals surface area contributed by atoms with Crippen LogP contribution in [-0.4, -0.2) is 41.3 Å². The van der Waals surface area contributed by atoms with E-state index < -0.39 is 0 Å². The van der Waals surface area contributed by atoms with Gasteiger partial charge in [0.2, 0.25) is 5.95 Å². The first kappa shape index (κ1) is 16.1. The molecule has 0 aliphatic carbocycles. The molecule has 0 aromatic carbocycles. The second-order valence-corrected chi connectivity index (χ2v) is 7.23. The second kappa shape index (κ2) is 8.21. The van der Waals surface area contributed by atoms with Gasteiger partial charge < -0.3 is 10.2 Å². The summed E-state index contributed by atoms with van der Waals surface area (Å²) in [7, 11) is 4.17. The normalized spacial score (nSPS) is 11.0. The number of nitrogens with zero attached hydrogens (tertiary/aromatic N) is 2. The third kappa shape index (κ3) is 5.91. The lowest BCUT2D eigenvalue weighted by molar-refractivity contribution is 0.406. The summed E-state index contributed by atoms with van der Waals surface area (Å²) in [6, 6.07) is 5.82. The van der Waals surface area contributed by atoms with E-state index in [1.807, 2.05) is 23.1 Å². The topological polar surface area (TPSA) is 61.0 Å². The minimum Gasteiger partial charge on any atom is -0.355 e. The predicted molar refractivity (Wildman–Crippen MR) is 91.2 cm³/mol. The summed E-state index contributed by atoms with van der Waals surface area (Å²) in [6.45, 7) is 1.79. The highest BCUT2D eigenvalue weighted by Crippen LogP contribution is 2.22. The maximum atomic E-state index is 11.1. The Morgan fingerprint density at radius 1 is 1.33 bits per heavy atom. The molecule has 2 N–H and O–H groups in total. The lowest BCUT2D eigenvalue weighted by Gasteiger charge is -2.06. The van der Waals surface area contributed by atoms with Crippen molar-refractivity contribution >= 4 is 29.0 Å². The lowest BCUT2D eigenvalue weighted by Crippen LogP contribution is -2.13. The molecular weight excluding hydrogens is 304 g/mol. The molecule has 0 radical (unpaired) electrons. The van der Waals surface area contributed by atoms with Crippen molar-refractivity contribution in [2.75, 3.05) is 31.7 Å². The third-order valence-corrected chi connectivity index (χ3v) is 4.90. The van der Waals surface area contributed by atoms with E-state index in [9.17, 15) is 4.79 Å². The molecule has 2 aromatic rings. The fraction of sp³-hybridized carbons (Fsp3) is 0.429. The Kier molecular flexibility index (Phi) is 6.28. The summed E-state index contributed by atoms with van der Waals surface area (Å²) in [6.07, 6.45) is 1.51. The average molecular weight is 324 g/mol. The van der Waals surface area contributed by atoms with Gasteiger partial charge in [-0.2, -0.15) is 11.8 Å². The number of H-pyrrole nitrogens is 1. The molecule has 2 rings (SSSR count). The van der Waals surface area contributed by atoms with Gasteiger partial charge in [0, 0.05) is 46.6 Å². The zero-order valence-electron chi connectivity index (χ0n) is 12.3. The van der Waals surface area contributed by atoms with E-state index in [2.05, 4.69) is 46.4 Å². The summed E-state index contributed by atoms with van der Waals surface area (Å²) in [5.74, 6) is 2.53. The van der Waals surface area contributed by atoms with Crippen LogP contribution in [0, 0.1) is 0 Å². The minimum atomic E-state index is -0.132. The Balaban J connectivity index is 1.65. The first-order valence-corrected chi connectivity index (χ1v) is 8.70. The standard InChI is InChI=1S/C14H20N4OS2/c1-18(2)9-11-3-4-12(21-11)10-20-8-7-16-14-15-6-5-13(19)17-14/h3-6H,7-10H2,1-2H3,(H2,15,16,17,19). The molecule has 0 saturated carbocycles. The van der Waals surface area contributed by atoms with Crippen LogP contribution in [0.25, 0.3) is 0 Å². The average Bonchev–Trinajstić information content (AvgIpc) is 2.85. The highest BCUT2D eigenvalue weighted by molar-refractivity contribution is 7.98. The van der Waals surface area contributed by atoms with Gasteiger partial charge in [-0.25, -0.2) is 4.98 Å². The van der Waals surface area contributed by atoms with Crippen LogP contribution < -0.4 is 10.9 Å². The molecule has 0 amide bonds. The van der Waals surface area contributed by atoms with Crippen molar-refractivity contribution in [3.8, 4) is 0 Å². The summed E-state index contributed by atoms with van der Waals surface area (Å²) < 4.78 is 0. The summed E-state index contributed by atoms with van der Waals surface area (Å²) in [4.78, 5) is 22.8. The van der Waals surface area contributed by atoms with Gasteiger partial charge in [0.1, 0.15) is 0 Å². The number of thiophene rings is 1. The van der Waals surface area contributed by atoms with Crippen molar-refractivity contribution in [1.29, 1.82) is 0 Å². The molecule has 7 heteroatoms. The van der Waals surface area contributed by atoms with E-state index in [1.165, 1.54) is 22.0 Å². The van der Waals surface area contributed by atoms with Crippen molar-refractivity contribution in [1.82, 2.24) is 14.9 Å². The molecular formula is C14H20N4OS2. The number of nitrogens with one attached hydrogen (secondary N) is 2. The predicted octanol–water partition coefficient (Wildman–Crippen LogP) is 2.24. The van der Waals surface area contributed by atoms with Crippen molar-refractivity contribution in [2.24, 2.45) is 0 Å². The minimum absolute atomic E-state index is 0.132. The zero-order valence-corrected chi connectivity index (χ0v) is 13.9. The largest absolute Gasteiger partial charge is 0.355 e. The molecule has 0 bridgehead atoms. The Labute approximate surface area is 132 Å². The highest BCUT2D eigenvalue weighted by Gasteiger charge is 2.02. The number of hydrogen-bond donors (Lipinski definition) is 2. The molecule has 2 heterocycles. The Hall–Kier alpha value is -1.31. The lowest BCUT2D eigenvalue weighted by atomic mass is 10.4. The number of aromatic amines is 1. The van der Waals surface area contributed by atoms with Crippen molar-refractivity contribution in [3.05, 3.63) is 44.5 Å². The molecule has 0 atom stereocenters. The van der Waals surface area contributed by atoms with Crippen molar-refractivity contribution < 1.29 is 0 Å². The quantitative estimate of drug-likeness (QED) is 0.729.